The molecular weight excluding hydrogens is 464 g/mol. The highest BCUT2D eigenvalue weighted by atomic mass is 35.5. The smallest absolute Gasteiger partial charge is 0.254 e. The maximum absolute atomic E-state index is 13.9. The normalized spacial score (nSPS) is 20.9. The van der Waals surface area contributed by atoms with Gasteiger partial charge in [-0.3, -0.25) is 9.69 Å². The first-order valence-electron chi connectivity index (χ1n) is 13.5. The summed E-state index contributed by atoms with van der Waals surface area (Å²) in [6.07, 6.45) is 5.94. The third-order valence-electron chi connectivity index (χ3n) is 8.18. The number of hydrogen-bond donors (Lipinski definition) is 0. The van der Waals surface area contributed by atoms with Gasteiger partial charge in [0.2, 0.25) is 0 Å². The van der Waals surface area contributed by atoms with Gasteiger partial charge in [0.25, 0.3) is 5.91 Å². The van der Waals surface area contributed by atoms with Gasteiger partial charge < -0.3 is 4.90 Å². The molecule has 188 valence electrons. The second-order valence-electron chi connectivity index (χ2n) is 10.6. The SMILES string of the molecule is Cc1ccccc1[C@@H]1CN(Cc2ccccc2Cl)C[C@H]1CN(C(=O)c1ccccc1)C1CCCCC1. The molecule has 0 spiro atoms. The molecule has 1 heterocycles. The number of amides is 1. The van der Waals surface area contributed by atoms with Crippen LogP contribution < -0.4 is 0 Å². The van der Waals surface area contributed by atoms with Crippen molar-refractivity contribution >= 4 is 17.5 Å². The maximum Gasteiger partial charge on any atom is 0.254 e. The summed E-state index contributed by atoms with van der Waals surface area (Å²) in [5, 5.41) is 0.830. The summed E-state index contributed by atoms with van der Waals surface area (Å²) < 4.78 is 0. The Bertz CT molecular complexity index is 1160. The predicted octanol–water partition coefficient (Wildman–Crippen LogP) is 7.34. The molecule has 3 nitrogen and oxygen atoms in total. The van der Waals surface area contributed by atoms with E-state index in [0.717, 1.165) is 49.6 Å². The number of halogens is 1. The first-order valence-corrected chi connectivity index (χ1v) is 13.8. The molecule has 0 aromatic heterocycles. The van der Waals surface area contributed by atoms with Gasteiger partial charge in [0.05, 0.1) is 0 Å². The lowest BCUT2D eigenvalue weighted by molar-refractivity contribution is 0.0588. The summed E-state index contributed by atoms with van der Waals surface area (Å²) in [6.45, 7) is 5.82. The Balaban J connectivity index is 1.43. The molecule has 0 radical (unpaired) electrons. The maximum atomic E-state index is 13.9. The summed E-state index contributed by atoms with van der Waals surface area (Å²) >= 11 is 6.53. The van der Waals surface area contributed by atoms with Crippen LogP contribution in [-0.4, -0.2) is 41.4 Å². The highest BCUT2D eigenvalue weighted by molar-refractivity contribution is 6.31. The summed E-state index contributed by atoms with van der Waals surface area (Å²) in [5.74, 6) is 0.960. The van der Waals surface area contributed by atoms with Crippen molar-refractivity contribution in [1.29, 1.82) is 0 Å². The van der Waals surface area contributed by atoms with Crippen LogP contribution in [0.3, 0.4) is 0 Å². The number of carbonyl (C=O) groups excluding carboxylic acids is 1. The van der Waals surface area contributed by atoms with E-state index >= 15 is 0 Å². The second-order valence-corrected chi connectivity index (χ2v) is 11.0. The molecule has 3 aromatic carbocycles. The third kappa shape index (κ3) is 5.68. The minimum Gasteiger partial charge on any atom is -0.335 e. The topological polar surface area (TPSA) is 23.6 Å². The molecule has 4 heteroatoms. The van der Waals surface area contributed by atoms with E-state index < -0.39 is 0 Å². The Hall–Kier alpha value is -2.62. The van der Waals surface area contributed by atoms with Crippen molar-refractivity contribution in [3.05, 3.63) is 106 Å². The molecule has 0 unspecified atom stereocenters. The zero-order valence-corrected chi connectivity index (χ0v) is 22.0. The van der Waals surface area contributed by atoms with Crippen LogP contribution in [0, 0.1) is 12.8 Å². The minimum atomic E-state index is 0.190. The van der Waals surface area contributed by atoms with Gasteiger partial charge in [-0.1, -0.05) is 91.5 Å². The minimum absolute atomic E-state index is 0.190. The monoisotopic (exact) mass is 500 g/mol. The van der Waals surface area contributed by atoms with Crippen molar-refractivity contribution in [2.75, 3.05) is 19.6 Å². The number of aryl methyl sites for hydroxylation is 1. The van der Waals surface area contributed by atoms with Gasteiger partial charge in [-0.15, -0.1) is 0 Å². The fourth-order valence-corrected chi connectivity index (χ4v) is 6.48. The highest BCUT2D eigenvalue weighted by Gasteiger charge is 2.38. The van der Waals surface area contributed by atoms with E-state index in [9.17, 15) is 4.79 Å². The number of hydrogen-bond acceptors (Lipinski definition) is 2. The number of benzene rings is 3. The van der Waals surface area contributed by atoms with E-state index in [-0.39, 0.29) is 5.91 Å². The van der Waals surface area contributed by atoms with Crippen LogP contribution >= 0.6 is 11.6 Å². The fourth-order valence-electron chi connectivity index (χ4n) is 6.29. The van der Waals surface area contributed by atoms with Gasteiger partial charge in [0.1, 0.15) is 0 Å². The number of likely N-dealkylation sites (tertiary alicyclic amines) is 1. The summed E-state index contributed by atoms with van der Waals surface area (Å²) in [5.41, 5.74) is 4.74. The molecule has 1 saturated carbocycles. The number of carbonyl (C=O) groups is 1. The quantitative estimate of drug-likeness (QED) is 0.339. The molecule has 1 aliphatic carbocycles. The first-order chi connectivity index (χ1) is 17.6. The predicted molar refractivity (Wildman–Crippen MR) is 148 cm³/mol. The van der Waals surface area contributed by atoms with Gasteiger partial charge in [0, 0.05) is 48.7 Å². The second kappa shape index (κ2) is 11.6. The lowest BCUT2D eigenvalue weighted by atomic mass is 9.85. The standard InChI is InChI=1S/C32H37ClN2O/c1-24-12-8-10-18-29(24)30-23-34(20-26-15-9-11-19-31(26)33)21-27(30)22-35(28-16-6-3-7-17-28)32(36)25-13-4-2-5-14-25/h2,4-5,8-15,18-19,27-28,30H,3,6-7,16-17,20-23H2,1H3/t27-,30+/m0/s1. The zero-order chi connectivity index (χ0) is 24.9. The molecule has 36 heavy (non-hydrogen) atoms. The Morgan fingerprint density at radius 3 is 2.33 bits per heavy atom. The third-order valence-corrected chi connectivity index (χ3v) is 8.55. The Morgan fingerprint density at radius 1 is 0.889 bits per heavy atom. The van der Waals surface area contributed by atoms with Crippen LogP contribution in [0.25, 0.3) is 0 Å². The van der Waals surface area contributed by atoms with E-state index in [0.29, 0.717) is 17.9 Å². The van der Waals surface area contributed by atoms with E-state index in [1.165, 1.54) is 36.0 Å². The lowest BCUT2D eigenvalue weighted by Crippen LogP contribution is -2.45. The number of nitrogens with zero attached hydrogens (tertiary/aromatic N) is 2. The van der Waals surface area contributed by atoms with E-state index in [4.69, 9.17) is 11.6 Å². The van der Waals surface area contributed by atoms with Crippen LogP contribution in [0.2, 0.25) is 5.02 Å². The molecule has 1 aliphatic heterocycles. The van der Waals surface area contributed by atoms with E-state index in [1.807, 2.05) is 42.5 Å². The van der Waals surface area contributed by atoms with Gasteiger partial charge in [-0.05, 0) is 60.6 Å². The average molecular weight is 501 g/mol. The van der Waals surface area contributed by atoms with Crippen LogP contribution in [0.1, 0.15) is 65.1 Å². The first kappa shape index (κ1) is 25.0. The van der Waals surface area contributed by atoms with E-state index in [2.05, 4.69) is 53.1 Å². The van der Waals surface area contributed by atoms with Crippen molar-refractivity contribution in [2.45, 2.75) is 57.5 Å². The van der Waals surface area contributed by atoms with Gasteiger partial charge in [-0.2, -0.15) is 0 Å². The molecule has 5 rings (SSSR count). The molecule has 2 fully saturated rings. The zero-order valence-electron chi connectivity index (χ0n) is 21.3. The van der Waals surface area contributed by atoms with Gasteiger partial charge in [-0.25, -0.2) is 0 Å². The van der Waals surface area contributed by atoms with Crippen molar-refractivity contribution < 1.29 is 4.79 Å². The van der Waals surface area contributed by atoms with Crippen LogP contribution in [0.4, 0.5) is 0 Å². The van der Waals surface area contributed by atoms with Crippen molar-refractivity contribution in [3.63, 3.8) is 0 Å². The van der Waals surface area contributed by atoms with Crippen LogP contribution in [0.5, 0.6) is 0 Å². The van der Waals surface area contributed by atoms with Gasteiger partial charge in [0.15, 0.2) is 0 Å². The van der Waals surface area contributed by atoms with Gasteiger partial charge >= 0.3 is 0 Å². The molecule has 1 amide bonds. The Morgan fingerprint density at radius 2 is 1.58 bits per heavy atom. The van der Waals surface area contributed by atoms with Crippen LogP contribution in [0.15, 0.2) is 78.9 Å². The fraction of sp³-hybridized carbons (Fsp3) is 0.406. The summed E-state index contributed by atoms with van der Waals surface area (Å²) in [4.78, 5) is 18.6. The highest BCUT2D eigenvalue weighted by Crippen LogP contribution is 2.37. The molecule has 0 N–H and O–H groups in total. The molecule has 2 aliphatic rings. The molecule has 1 saturated heterocycles. The number of rotatable bonds is 7. The average Bonchev–Trinajstić information content (AvgIpc) is 3.31. The van der Waals surface area contributed by atoms with Crippen molar-refractivity contribution in [2.24, 2.45) is 5.92 Å². The molecule has 0 bridgehead atoms. The Kier molecular flexibility index (Phi) is 8.09. The van der Waals surface area contributed by atoms with Crippen molar-refractivity contribution in [1.82, 2.24) is 9.80 Å². The Labute approximate surface area is 221 Å². The lowest BCUT2D eigenvalue weighted by Gasteiger charge is -2.37. The molecular formula is C32H37ClN2O. The van der Waals surface area contributed by atoms with Crippen LogP contribution in [-0.2, 0) is 6.54 Å². The largest absolute Gasteiger partial charge is 0.335 e. The summed E-state index contributed by atoms with van der Waals surface area (Å²) in [6, 6.07) is 27.2. The van der Waals surface area contributed by atoms with Crippen molar-refractivity contribution in [3.8, 4) is 0 Å². The van der Waals surface area contributed by atoms with E-state index in [1.54, 1.807) is 0 Å². The molecule has 3 aromatic rings. The molecule has 2 atom stereocenters. The summed E-state index contributed by atoms with van der Waals surface area (Å²) in [7, 11) is 0.